The van der Waals surface area contributed by atoms with E-state index in [2.05, 4.69) is 11.7 Å². The van der Waals surface area contributed by atoms with Gasteiger partial charge in [0, 0.05) is 6.20 Å². The second kappa shape index (κ2) is 2.98. The molecule has 0 saturated heterocycles. The van der Waals surface area contributed by atoms with Crippen LogP contribution in [0, 0.1) is 6.92 Å². The first-order valence-corrected chi connectivity index (χ1v) is 5.32. The Labute approximate surface area is 69.4 Å². The van der Waals surface area contributed by atoms with Crippen molar-refractivity contribution in [3.05, 3.63) is 17.1 Å². The Bertz CT molecular complexity index is 235. The van der Waals surface area contributed by atoms with Gasteiger partial charge in [0.1, 0.15) is 0 Å². The van der Waals surface area contributed by atoms with E-state index in [1.54, 1.807) is 5.30 Å². The minimum absolute atomic E-state index is 0.763. The van der Waals surface area contributed by atoms with Crippen molar-refractivity contribution in [3.8, 4) is 0 Å². The average molecular weight is 167 g/mol. The fourth-order valence-electron chi connectivity index (χ4n) is 1.98. The summed E-state index contributed by atoms with van der Waals surface area (Å²) in [6.07, 6.45) is 7.76. The summed E-state index contributed by atoms with van der Waals surface area (Å²) in [4.78, 5) is 0. The largest absolute Gasteiger partial charge is 0.248 e. The second-order valence-electron chi connectivity index (χ2n) is 3.45. The third kappa shape index (κ3) is 1.35. The molecule has 0 radical (unpaired) electrons. The summed E-state index contributed by atoms with van der Waals surface area (Å²) in [7, 11) is 0.763. The Morgan fingerprint density at radius 2 is 2.18 bits per heavy atom. The molecule has 1 aromatic heterocycles. The summed E-state index contributed by atoms with van der Waals surface area (Å²) in [6.45, 7) is 2.21. The standard InChI is InChI=1S/C9H14NP/c1-7-6-10-11-9(7)8-4-2-3-5-8/h6,8,11H,2-5H2,1H3. The smallest absolute Gasteiger partial charge is 0.0342 e. The number of aromatic nitrogens is 1. The summed E-state index contributed by atoms with van der Waals surface area (Å²) in [5, 5.41) is 1.66. The van der Waals surface area contributed by atoms with Crippen LogP contribution < -0.4 is 0 Å². The van der Waals surface area contributed by atoms with E-state index < -0.39 is 0 Å². The first-order chi connectivity index (χ1) is 5.38. The molecule has 1 aliphatic rings. The van der Waals surface area contributed by atoms with Crippen molar-refractivity contribution in [2.24, 2.45) is 0 Å². The molecule has 1 fully saturated rings. The molecule has 1 aromatic rings. The zero-order valence-electron chi connectivity index (χ0n) is 6.93. The summed E-state index contributed by atoms with van der Waals surface area (Å²) in [6, 6.07) is 0. The van der Waals surface area contributed by atoms with Crippen LogP contribution in [-0.4, -0.2) is 4.75 Å². The molecule has 0 N–H and O–H groups in total. The molecule has 1 saturated carbocycles. The van der Waals surface area contributed by atoms with Crippen LogP contribution in [0.4, 0.5) is 0 Å². The van der Waals surface area contributed by atoms with E-state index >= 15 is 0 Å². The summed E-state index contributed by atoms with van der Waals surface area (Å²) in [5.41, 5.74) is 1.45. The highest BCUT2D eigenvalue weighted by atomic mass is 31.0. The lowest BCUT2D eigenvalue weighted by Crippen LogP contribution is -1.88. The van der Waals surface area contributed by atoms with Crippen molar-refractivity contribution in [1.29, 1.82) is 0 Å². The average Bonchev–Trinajstić information content (AvgIpc) is 2.55. The van der Waals surface area contributed by atoms with Gasteiger partial charge in [0.25, 0.3) is 0 Å². The number of aryl methyl sites for hydroxylation is 1. The van der Waals surface area contributed by atoms with Gasteiger partial charge in [-0.25, -0.2) is 4.75 Å². The Hall–Kier alpha value is -0.290. The molecule has 60 valence electrons. The fourth-order valence-corrected chi connectivity index (χ4v) is 3.09. The molecule has 1 nitrogen and oxygen atoms in total. The monoisotopic (exact) mass is 167 g/mol. The fraction of sp³-hybridized carbons (Fsp3) is 0.667. The van der Waals surface area contributed by atoms with E-state index in [9.17, 15) is 0 Å². The topological polar surface area (TPSA) is 12.9 Å². The Morgan fingerprint density at radius 3 is 2.73 bits per heavy atom. The van der Waals surface area contributed by atoms with Crippen molar-refractivity contribution in [3.63, 3.8) is 0 Å². The van der Waals surface area contributed by atoms with E-state index in [0.717, 1.165) is 14.3 Å². The predicted octanol–water partition coefficient (Wildman–Crippen LogP) is 3.08. The van der Waals surface area contributed by atoms with Gasteiger partial charge in [-0.05, 0) is 44.9 Å². The van der Waals surface area contributed by atoms with E-state index in [4.69, 9.17) is 0 Å². The second-order valence-corrected chi connectivity index (χ2v) is 4.47. The number of hydrogen-bond donors (Lipinski definition) is 0. The van der Waals surface area contributed by atoms with Crippen molar-refractivity contribution in [2.45, 2.75) is 38.5 Å². The van der Waals surface area contributed by atoms with Crippen molar-refractivity contribution in [1.82, 2.24) is 4.75 Å². The number of nitrogens with zero attached hydrogens (tertiary/aromatic N) is 1. The van der Waals surface area contributed by atoms with Crippen LogP contribution in [0.3, 0.4) is 0 Å². The zero-order valence-corrected chi connectivity index (χ0v) is 7.93. The first-order valence-electron chi connectivity index (χ1n) is 4.38. The van der Waals surface area contributed by atoms with Gasteiger partial charge >= 0.3 is 0 Å². The molecule has 0 aliphatic heterocycles. The summed E-state index contributed by atoms with van der Waals surface area (Å²) < 4.78 is 4.32. The maximum atomic E-state index is 4.32. The summed E-state index contributed by atoms with van der Waals surface area (Å²) >= 11 is 0. The third-order valence-corrected chi connectivity index (χ3v) is 3.93. The van der Waals surface area contributed by atoms with Crippen molar-refractivity contribution < 1.29 is 0 Å². The zero-order chi connectivity index (χ0) is 7.68. The minimum Gasteiger partial charge on any atom is -0.248 e. The van der Waals surface area contributed by atoms with Crippen LogP contribution >= 0.6 is 8.35 Å². The Kier molecular flexibility index (Phi) is 2.00. The lowest BCUT2D eigenvalue weighted by atomic mass is 10.0. The van der Waals surface area contributed by atoms with Gasteiger partial charge in [-0.15, -0.1) is 0 Å². The lowest BCUT2D eigenvalue weighted by Gasteiger charge is -2.06. The Balaban J connectivity index is 2.21. The van der Waals surface area contributed by atoms with Crippen molar-refractivity contribution >= 4 is 8.35 Å². The highest BCUT2D eigenvalue weighted by Crippen LogP contribution is 2.38. The normalized spacial score (nSPS) is 20.1. The van der Waals surface area contributed by atoms with E-state index in [-0.39, 0.29) is 0 Å². The van der Waals surface area contributed by atoms with E-state index in [1.807, 2.05) is 6.20 Å². The molecule has 1 atom stereocenters. The Morgan fingerprint density at radius 1 is 1.45 bits per heavy atom. The number of hydrogen-bond acceptors (Lipinski definition) is 1. The van der Waals surface area contributed by atoms with Gasteiger partial charge < -0.3 is 0 Å². The van der Waals surface area contributed by atoms with Crippen LogP contribution in [0.25, 0.3) is 0 Å². The quantitative estimate of drug-likeness (QED) is 0.626. The van der Waals surface area contributed by atoms with Crippen LogP contribution in [0.15, 0.2) is 6.20 Å². The number of rotatable bonds is 1. The molecule has 0 amide bonds. The van der Waals surface area contributed by atoms with Gasteiger partial charge in [-0.2, -0.15) is 0 Å². The summed E-state index contributed by atoms with van der Waals surface area (Å²) in [5.74, 6) is 0.899. The maximum absolute atomic E-state index is 4.32. The van der Waals surface area contributed by atoms with Crippen LogP contribution in [0.1, 0.15) is 42.5 Å². The molecule has 1 unspecified atom stereocenters. The molecule has 1 heterocycles. The molecule has 1 aliphatic carbocycles. The highest BCUT2D eigenvalue weighted by molar-refractivity contribution is 7.26. The van der Waals surface area contributed by atoms with Gasteiger partial charge in [-0.1, -0.05) is 12.8 Å². The third-order valence-electron chi connectivity index (χ3n) is 2.63. The molecule has 2 heteroatoms. The molecule has 0 spiro atoms. The van der Waals surface area contributed by atoms with Gasteiger partial charge in [-0.3, -0.25) is 0 Å². The highest BCUT2D eigenvalue weighted by Gasteiger charge is 2.18. The predicted molar refractivity (Wildman–Crippen MR) is 49.7 cm³/mol. The van der Waals surface area contributed by atoms with Crippen LogP contribution in [0.5, 0.6) is 0 Å². The molecule has 2 rings (SSSR count). The van der Waals surface area contributed by atoms with E-state index in [1.165, 1.54) is 31.2 Å². The molecular weight excluding hydrogens is 153 g/mol. The molecule has 0 bridgehead atoms. The van der Waals surface area contributed by atoms with Crippen molar-refractivity contribution in [2.75, 3.05) is 0 Å². The van der Waals surface area contributed by atoms with Gasteiger partial charge in [0.15, 0.2) is 0 Å². The maximum Gasteiger partial charge on any atom is 0.0342 e. The van der Waals surface area contributed by atoms with Crippen LogP contribution in [-0.2, 0) is 0 Å². The van der Waals surface area contributed by atoms with Gasteiger partial charge in [0.2, 0.25) is 0 Å². The molecule has 11 heavy (non-hydrogen) atoms. The van der Waals surface area contributed by atoms with Gasteiger partial charge in [0.05, 0.1) is 0 Å². The SMILES string of the molecule is Cc1cn[pH]c1C1CCCC1. The molecule has 0 aromatic carbocycles. The first kappa shape index (κ1) is 7.36. The molecular formula is C9H14NP. The minimum atomic E-state index is 0.763. The van der Waals surface area contributed by atoms with Crippen LogP contribution in [0.2, 0.25) is 0 Å². The van der Waals surface area contributed by atoms with E-state index in [0.29, 0.717) is 0 Å². The lowest BCUT2D eigenvalue weighted by molar-refractivity contribution is 0.734.